The first-order valence-electron chi connectivity index (χ1n) is 6.60. The molecular weight excluding hydrogens is 220 g/mol. The van der Waals surface area contributed by atoms with Gasteiger partial charge in [0.2, 0.25) is 0 Å². The Kier molecular flexibility index (Phi) is 4.54. The van der Waals surface area contributed by atoms with E-state index in [2.05, 4.69) is 31.2 Å². The van der Waals surface area contributed by atoms with Crippen LogP contribution in [0.25, 0.3) is 0 Å². The maximum Gasteiger partial charge on any atom is 0.0793 e. The Morgan fingerprint density at radius 3 is 2.17 bits per heavy atom. The normalized spacial score (nSPS) is 12.3. The molecule has 18 heavy (non-hydrogen) atoms. The van der Waals surface area contributed by atoms with Crippen molar-refractivity contribution in [3.05, 3.63) is 71.3 Å². The van der Waals surface area contributed by atoms with Crippen molar-refractivity contribution in [3.8, 4) is 0 Å². The van der Waals surface area contributed by atoms with Crippen molar-refractivity contribution in [2.75, 3.05) is 0 Å². The molecule has 2 aromatic carbocycles. The average Bonchev–Trinajstić information content (AvgIpc) is 2.46. The lowest BCUT2D eigenvalue weighted by Crippen LogP contribution is -1.99. The lowest BCUT2D eigenvalue weighted by Gasteiger charge is -2.11. The summed E-state index contributed by atoms with van der Waals surface area (Å²) in [6.45, 7) is 2.14. The second-order valence-electron chi connectivity index (χ2n) is 4.64. The lowest BCUT2D eigenvalue weighted by molar-refractivity contribution is 0.168. The smallest absolute Gasteiger partial charge is 0.0793 e. The van der Waals surface area contributed by atoms with Gasteiger partial charge in [0.25, 0.3) is 0 Å². The van der Waals surface area contributed by atoms with E-state index in [0.29, 0.717) is 0 Å². The molecule has 2 aromatic rings. The number of benzene rings is 2. The van der Waals surface area contributed by atoms with Gasteiger partial charge in [-0.15, -0.1) is 0 Å². The van der Waals surface area contributed by atoms with Gasteiger partial charge in [-0.05, 0) is 36.0 Å². The fourth-order valence-electron chi connectivity index (χ4n) is 2.09. The topological polar surface area (TPSA) is 20.2 Å². The molecule has 0 saturated heterocycles. The molecule has 0 aliphatic carbocycles. The van der Waals surface area contributed by atoms with E-state index >= 15 is 0 Å². The molecule has 94 valence electrons. The fourth-order valence-corrected chi connectivity index (χ4v) is 2.09. The van der Waals surface area contributed by atoms with Crippen LogP contribution in [0.15, 0.2) is 54.6 Å². The molecule has 1 unspecified atom stereocenters. The van der Waals surface area contributed by atoms with E-state index in [1.807, 2.05) is 30.3 Å². The molecule has 1 atom stereocenters. The first-order chi connectivity index (χ1) is 8.79. The van der Waals surface area contributed by atoms with Crippen LogP contribution in [-0.2, 0) is 12.8 Å². The summed E-state index contributed by atoms with van der Waals surface area (Å²) in [4.78, 5) is 0. The number of hydrogen-bond donors (Lipinski definition) is 1. The van der Waals surface area contributed by atoms with E-state index in [1.165, 1.54) is 11.1 Å². The second kappa shape index (κ2) is 6.36. The van der Waals surface area contributed by atoms with E-state index in [4.69, 9.17) is 0 Å². The van der Waals surface area contributed by atoms with Crippen LogP contribution in [0.1, 0.15) is 36.1 Å². The Hall–Kier alpha value is -1.60. The Morgan fingerprint density at radius 2 is 1.56 bits per heavy atom. The molecule has 0 amide bonds. The van der Waals surface area contributed by atoms with Crippen LogP contribution in [0.5, 0.6) is 0 Å². The Morgan fingerprint density at radius 1 is 0.889 bits per heavy atom. The van der Waals surface area contributed by atoms with Crippen molar-refractivity contribution in [1.29, 1.82) is 0 Å². The fraction of sp³-hybridized carbons (Fsp3) is 0.294. The zero-order valence-electron chi connectivity index (χ0n) is 10.8. The van der Waals surface area contributed by atoms with Gasteiger partial charge in [0, 0.05) is 0 Å². The average molecular weight is 240 g/mol. The molecule has 1 nitrogen and oxygen atoms in total. The summed E-state index contributed by atoms with van der Waals surface area (Å²) < 4.78 is 0. The third-order valence-corrected chi connectivity index (χ3v) is 3.32. The summed E-state index contributed by atoms with van der Waals surface area (Å²) in [5, 5.41) is 10.1. The predicted molar refractivity (Wildman–Crippen MR) is 75.5 cm³/mol. The van der Waals surface area contributed by atoms with Crippen LogP contribution in [0.2, 0.25) is 0 Å². The van der Waals surface area contributed by atoms with Crippen molar-refractivity contribution in [1.82, 2.24) is 0 Å². The summed E-state index contributed by atoms with van der Waals surface area (Å²) in [6.07, 6.45) is 2.36. The van der Waals surface area contributed by atoms with Crippen molar-refractivity contribution in [2.45, 2.75) is 32.3 Å². The highest BCUT2D eigenvalue weighted by molar-refractivity contribution is 5.24. The quantitative estimate of drug-likeness (QED) is 0.840. The molecule has 0 aliphatic rings. The molecule has 0 spiro atoms. The number of aliphatic hydroxyl groups is 1. The SMILES string of the molecule is CCc1ccc(C(O)CCc2ccccc2)cc1. The summed E-state index contributed by atoms with van der Waals surface area (Å²) in [5.74, 6) is 0. The lowest BCUT2D eigenvalue weighted by atomic mass is 10.00. The highest BCUT2D eigenvalue weighted by Crippen LogP contribution is 2.19. The van der Waals surface area contributed by atoms with Crippen LogP contribution in [0.3, 0.4) is 0 Å². The van der Waals surface area contributed by atoms with E-state index in [1.54, 1.807) is 0 Å². The first kappa shape index (κ1) is 12.8. The van der Waals surface area contributed by atoms with Gasteiger partial charge in [0.15, 0.2) is 0 Å². The largest absolute Gasteiger partial charge is 0.388 e. The van der Waals surface area contributed by atoms with Gasteiger partial charge >= 0.3 is 0 Å². The van der Waals surface area contributed by atoms with Gasteiger partial charge in [-0.1, -0.05) is 61.5 Å². The van der Waals surface area contributed by atoms with Crippen LogP contribution < -0.4 is 0 Å². The van der Waals surface area contributed by atoms with Crippen molar-refractivity contribution in [2.24, 2.45) is 0 Å². The number of aliphatic hydroxyl groups excluding tert-OH is 1. The summed E-state index contributed by atoms with van der Waals surface area (Å²) in [6, 6.07) is 18.6. The van der Waals surface area contributed by atoms with Gasteiger partial charge in [0.1, 0.15) is 0 Å². The monoisotopic (exact) mass is 240 g/mol. The summed E-state index contributed by atoms with van der Waals surface area (Å²) >= 11 is 0. The maximum absolute atomic E-state index is 10.1. The zero-order valence-corrected chi connectivity index (χ0v) is 10.8. The molecule has 0 aliphatic heterocycles. The molecule has 0 radical (unpaired) electrons. The molecule has 0 bridgehead atoms. The van der Waals surface area contributed by atoms with E-state index in [-0.39, 0.29) is 6.10 Å². The standard InChI is InChI=1S/C17H20O/c1-2-14-8-11-16(12-9-14)17(18)13-10-15-6-4-3-5-7-15/h3-9,11-12,17-18H,2,10,13H2,1H3. The Balaban J connectivity index is 1.93. The van der Waals surface area contributed by atoms with E-state index in [0.717, 1.165) is 24.8 Å². The Bertz CT molecular complexity index is 459. The van der Waals surface area contributed by atoms with Gasteiger partial charge < -0.3 is 5.11 Å². The zero-order chi connectivity index (χ0) is 12.8. The molecule has 0 saturated carbocycles. The number of aryl methyl sites for hydroxylation is 2. The van der Waals surface area contributed by atoms with Crippen molar-refractivity contribution >= 4 is 0 Å². The minimum atomic E-state index is -0.365. The third-order valence-electron chi connectivity index (χ3n) is 3.32. The van der Waals surface area contributed by atoms with Gasteiger partial charge in [-0.3, -0.25) is 0 Å². The van der Waals surface area contributed by atoms with Crippen LogP contribution in [0, 0.1) is 0 Å². The summed E-state index contributed by atoms with van der Waals surface area (Å²) in [5.41, 5.74) is 3.61. The molecule has 0 fully saturated rings. The molecule has 1 N–H and O–H groups in total. The number of rotatable bonds is 5. The van der Waals surface area contributed by atoms with Crippen LogP contribution in [-0.4, -0.2) is 5.11 Å². The minimum absolute atomic E-state index is 0.365. The van der Waals surface area contributed by atoms with E-state index in [9.17, 15) is 5.11 Å². The van der Waals surface area contributed by atoms with E-state index < -0.39 is 0 Å². The van der Waals surface area contributed by atoms with Crippen LogP contribution in [0.4, 0.5) is 0 Å². The van der Waals surface area contributed by atoms with Gasteiger partial charge in [0.05, 0.1) is 6.10 Å². The van der Waals surface area contributed by atoms with Gasteiger partial charge in [-0.2, -0.15) is 0 Å². The molecule has 0 aromatic heterocycles. The van der Waals surface area contributed by atoms with Crippen molar-refractivity contribution in [3.63, 3.8) is 0 Å². The number of hydrogen-bond acceptors (Lipinski definition) is 1. The highest BCUT2D eigenvalue weighted by atomic mass is 16.3. The third kappa shape index (κ3) is 3.44. The molecule has 0 heterocycles. The van der Waals surface area contributed by atoms with Crippen LogP contribution >= 0.6 is 0 Å². The molecule has 1 heteroatoms. The first-order valence-corrected chi connectivity index (χ1v) is 6.60. The maximum atomic E-state index is 10.1. The van der Waals surface area contributed by atoms with Gasteiger partial charge in [-0.25, -0.2) is 0 Å². The second-order valence-corrected chi connectivity index (χ2v) is 4.64. The Labute approximate surface area is 109 Å². The molecular formula is C17H20O. The van der Waals surface area contributed by atoms with Crippen molar-refractivity contribution < 1.29 is 5.11 Å². The molecule has 2 rings (SSSR count). The highest BCUT2D eigenvalue weighted by Gasteiger charge is 2.07. The summed E-state index contributed by atoms with van der Waals surface area (Å²) in [7, 11) is 0. The minimum Gasteiger partial charge on any atom is -0.388 e. The predicted octanol–water partition coefficient (Wildman–Crippen LogP) is 3.92.